The first kappa shape index (κ1) is 20.8. The zero-order chi connectivity index (χ0) is 18.1. The molecule has 26 heavy (non-hydrogen) atoms. The number of carbonyl (C=O) groups is 1. The van der Waals surface area contributed by atoms with E-state index in [2.05, 4.69) is 5.32 Å². The zero-order valence-electron chi connectivity index (χ0n) is 14.7. The molecule has 0 spiro atoms. The van der Waals surface area contributed by atoms with Gasteiger partial charge >= 0.3 is 0 Å². The van der Waals surface area contributed by atoms with Crippen molar-refractivity contribution >= 4 is 28.2 Å². The molecule has 1 amide bonds. The lowest BCUT2D eigenvalue weighted by atomic mass is 9.96. The summed E-state index contributed by atoms with van der Waals surface area (Å²) < 4.78 is 35.8. The van der Waals surface area contributed by atoms with Crippen LogP contribution in [0.4, 0.5) is 0 Å². The largest absolute Gasteiger partial charge is 0.486 e. The Morgan fingerprint density at radius 2 is 1.92 bits per heavy atom. The van der Waals surface area contributed by atoms with Gasteiger partial charge in [-0.2, -0.15) is 0 Å². The minimum absolute atomic E-state index is 0. The van der Waals surface area contributed by atoms with Gasteiger partial charge in [-0.1, -0.05) is 0 Å². The molecule has 3 N–H and O–H groups in total. The monoisotopic (exact) mass is 404 g/mol. The minimum Gasteiger partial charge on any atom is -0.486 e. The molecule has 1 fully saturated rings. The number of fused-ring (bicyclic) bond motifs is 1. The maximum Gasteiger partial charge on any atom is 0.221 e. The third kappa shape index (κ3) is 4.61. The summed E-state index contributed by atoms with van der Waals surface area (Å²) in [5.41, 5.74) is 5.33. The molecule has 0 bridgehead atoms. The van der Waals surface area contributed by atoms with Crippen LogP contribution in [0.5, 0.6) is 11.5 Å². The van der Waals surface area contributed by atoms with Crippen LogP contribution in [0.25, 0.3) is 0 Å². The Morgan fingerprint density at radius 3 is 2.54 bits per heavy atom. The van der Waals surface area contributed by atoms with Gasteiger partial charge in [0.1, 0.15) is 13.2 Å². The highest BCUT2D eigenvalue weighted by Gasteiger charge is 2.41. The molecule has 1 heterocycles. The molecule has 1 aromatic carbocycles. The van der Waals surface area contributed by atoms with E-state index >= 15 is 0 Å². The fraction of sp³-hybridized carbons (Fsp3) is 0.588. The molecule has 0 saturated heterocycles. The number of benzene rings is 1. The first-order valence-electron chi connectivity index (χ1n) is 8.47. The molecule has 0 aromatic heterocycles. The van der Waals surface area contributed by atoms with Crippen molar-refractivity contribution in [1.82, 2.24) is 5.32 Å². The van der Waals surface area contributed by atoms with E-state index in [-0.39, 0.29) is 35.4 Å². The Bertz CT molecular complexity index is 766. The summed E-state index contributed by atoms with van der Waals surface area (Å²) in [4.78, 5) is 12.3. The van der Waals surface area contributed by atoms with Crippen LogP contribution in [0.3, 0.4) is 0 Å². The van der Waals surface area contributed by atoms with Crippen molar-refractivity contribution in [3.8, 4) is 11.5 Å². The molecule has 1 aliphatic carbocycles. The molecule has 1 unspecified atom stereocenters. The first-order chi connectivity index (χ1) is 11.8. The van der Waals surface area contributed by atoms with Crippen LogP contribution in [0.15, 0.2) is 23.1 Å². The van der Waals surface area contributed by atoms with E-state index in [0.717, 1.165) is 12.8 Å². The SMILES string of the molecule is CC(CN)(NC(=O)CCS(=O)(=O)c1ccc2c(c1)OCCO2)C1CC1.Cl. The van der Waals surface area contributed by atoms with Gasteiger partial charge in [0.05, 0.1) is 16.2 Å². The molecular weight excluding hydrogens is 380 g/mol. The third-order valence-electron chi connectivity index (χ3n) is 4.80. The highest BCUT2D eigenvalue weighted by atomic mass is 35.5. The summed E-state index contributed by atoms with van der Waals surface area (Å²) in [6.07, 6.45) is 1.99. The lowest BCUT2D eigenvalue weighted by molar-refractivity contribution is -0.122. The van der Waals surface area contributed by atoms with Crippen molar-refractivity contribution in [3.05, 3.63) is 18.2 Å². The van der Waals surface area contributed by atoms with E-state index < -0.39 is 15.4 Å². The normalized spacial score (nSPS) is 18.4. The van der Waals surface area contributed by atoms with Crippen LogP contribution in [0, 0.1) is 5.92 Å². The van der Waals surface area contributed by atoms with Crippen LogP contribution < -0.4 is 20.5 Å². The molecule has 2 aliphatic rings. The molecule has 9 heteroatoms. The van der Waals surface area contributed by atoms with Crippen molar-refractivity contribution in [2.45, 2.75) is 36.6 Å². The summed E-state index contributed by atoms with van der Waals surface area (Å²) in [5, 5.41) is 2.91. The summed E-state index contributed by atoms with van der Waals surface area (Å²) in [5.74, 6) is 0.785. The van der Waals surface area contributed by atoms with E-state index in [4.69, 9.17) is 15.2 Å². The van der Waals surface area contributed by atoms with Gasteiger partial charge in [0, 0.05) is 19.0 Å². The second kappa shape index (κ2) is 8.02. The highest BCUT2D eigenvalue weighted by molar-refractivity contribution is 7.91. The molecule has 1 saturated carbocycles. The van der Waals surface area contributed by atoms with Gasteiger partial charge in [0.15, 0.2) is 21.3 Å². The van der Waals surface area contributed by atoms with Gasteiger partial charge in [-0.25, -0.2) is 8.42 Å². The molecule has 7 nitrogen and oxygen atoms in total. The second-order valence-electron chi connectivity index (χ2n) is 6.82. The van der Waals surface area contributed by atoms with Gasteiger partial charge in [-0.15, -0.1) is 12.4 Å². The van der Waals surface area contributed by atoms with E-state index in [0.29, 0.717) is 37.2 Å². The Hall–Kier alpha value is -1.51. The van der Waals surface area contributed by atoms with Crippen molar-refractivity contribution < 1.29 is 22.7 Å². The lowest BCUT2D eigenvalue weighted by Gasteiger charge is -2.29. The lowest BCUT2D eigenvalue weighted by Crippen LogP contribution is -2.53. The number of nitrogens with one attached hydrogen (secondary N) is 1. The molecule has 0 radical (unpaired) electrons. The van der Waals surface area contributed by atoms with E-state index in [1.54, 1.807) is 6.07 Å². The number of hydrogen-bond donors (Lipinski definition) is 2. The smallest absolute Gasteiger partial charge is 0.221 e. The predicted octanol–water partition coefficient (Wildman–Crippen LogP) is 1.29. The molecule has 1 atom stereocenters. The average Bonchev–Trinajstić information content (AvgIpc) is 3.45. The van der Waals surface area contributed by atoms with Crippen LogP contribution in [0.1, 0.15) is 26.2 Å². The Balaban J connectivity index is 0.00000243. The second-order valence-corrected chi connectivity index (χ2v) is 8.93. The third-order valence-corrected chi connectivity index (χ3v) is 6.51. The standard InChI is InChI=1S/C17H24N2O5S.ClH/c1-17(11-18,12-2-3-12)19-16(20)6-9-25(21,22)13-4-5-14-15(10-13)24-8-7-23-14;/h4-5,10,12H,2-3,6-9,11,18H2,1H3,(H,19,20);1H. The average molecular weight is 405 g/mol. The topological polar surface area (TPSA) is 108 Å². The van der Waals surface area contributed by atoms with Crippen LogP contribution >= 0.6 is 12.4 Å². The minimum atomic E-state index is -3.58. The summed E-state index contributed by atoms with van der Waals surface area (Å²) in [6, 6.07) is 4.52. The quantitative estimate of drug-likeness (QED) is 0.708. The predicted molar refractivity (Wildman–Crippen MR) is 99.7 cm³/mol. The molecule has 1 aliphatic heterocycles. The van der Waals surface area contributed by atoms with Crippen molar-refractivity contribution in [1.29, 1.82) is 0 Å². The number of hydrogen-bond acceptors (Lipinski definition) is 6. The van der Waals surface area contributed by atoms with Crippen molar-refractivity contribution in [3.63, 3.8) is 0 Å². The number of nitrogens with two attached hydrogens (primary N) is 1. The number of halogens is 1. The van der Waals surface area contributed by atoms with Crippen LogP contribution in [-0.4, -0.2) is 45.4 Å². The first-order valence-corrected chi connectivity index (χ1v) is 10.1. The summed E-state index contributed by atoms with van der Waals surface area (Å²) in [6.45, 7) is 3.09. The Labute approximate surface area is 159 Å². The summed E-state index contributed by atoms with van der Waals surface area (Å²) in [7, 11) is -3.58. The Kier molecular flexibility index (Phi) is 6.42. The molecule has 1 aromatic rings. The number of ether oxygens (including phenoxy) is 2. The summed E-state index contributed by atoms with van der Waals surface area (Å²) >= 11 is 0. The Morgan fingerprint density at radius 1 is 1.27 bits per heavy atom. The molecule has 146 valence electrons. The number of sulfone groups is 1. The van der Waals surface area contributed by atoms with E-state index in [1.165, 1.54) is 12.1 Å². The van der Waals surface area contributed by atoms with Gasteiger partial charge in [-0.05, 0) is 37.8 Å². The molecule has 3 rings (SSSR count). The fourth-order valence-corrected chi connectivity index (χ4v) is 4.24. The van der Waals surface area contributed by atoms with Crippen LogP contribution in [-0.2, 0) is 14.6 Å². The van der Waals surface area contributed by atoms with Gasteiger partial charge in [0.25, 0.3) is 0 Å². The molecular formula is C17H25ClN2O5S. The zero-order valence-corrected chi connectivity index (χ0v) is 16.3. The van der Waals surface area contributed by atoms with Gasteiger partial charge in [-0.3, -0.25) is 4.79 Å². The van der Waals surface area contributed by atoms with E-state index in [9.17, 15) is 13.2 Å². The van der Waals surface area contributed by atoms with Crippen molar-refractivity contribution in [2.75, 3.05) is 25.5 Å². The van der Waals surface area contributed by atoms with E-state index in [1.807, 2.05) is 6.92 Å². The number of rotatable bonds is 7. The van der Waals surface area contributed by atoms with Gasteiger partial charge < -0.3 is 20.5 Å². The number of amides is 1. The fourth-order valence-electron chi connectivity index (χ4n) is 2.98. The maximum atomic E-state index is 12.5. The van der Waals surface area contributed by atoms with Gasteiger partial charge in [0.2, 0.25) is 5.91 Å². The van der Waals surface area contributed by atoms with Crippen LogP contribution in [0.2, 0.25) is 0 Å². The highest BCUT2D eigenvalue weighted by Crippen LogP contribution is 2.39. The maximum absolute atomic E-state index is 12.5. The number of carbonyl (C=O) groups excluding carboxylic acids is 1. The van der Waals surface area contributed by atoms with Crippen molar-refractivity contribution in [2.24, 2.45) is 11.7 Å².